The molecule has 1 N–H and O–H groups in total. The maximum atomic E-state index is 14.6. The lowest BCUT2D eigenvalue weighted by molar-refractivity contribution is 0.0788. The van der Waals surface area contributed by atoms with Crippen molar-refractivity contribution in [3.05, 3.63) is 88.1 Å². The van der Waals surface area contributed by atoms with E-state index in [4.69, 9.17) is 26.0 Å². The summed E-state index contributed by atoms with van der Waals surface area (Å²) in [7, 11) is 2.09. The molecular formula is C33H38FN7O4. The fourth-order valence-electron chi connectivity index (χ4n) is 6.36. The van der Waals surface area contributed by atoms with Crippen LogP contribution < -0.4 is 9.64 Å². The van der Waals surface area contributed by atoms with Gasteiger partial charge in [-0.2, -0.15) is 9.97 Å². The van der Waals surface area contributed by atoms with Gasteiger partial charge < -0.3 is 29.2 Å². The molecule has 0 unspecified atom stereocenters. The Kier molecular flexibility index (Phi) is 9.28. The summed E-state index contributed by atoms with van der Waals surface area (Å²) in [5.41, 5.74) is 2.82. The van der Waals surface area contributed by atoms with Crippen molar-refractivity contribution >= 4 is 11.9 Å². The largest absolute Gasteiger partial charge is 0.508 e. The van der Waals surface area contributed by atoms with E-state index in [-0.39, 0.29) is 37.0 Å². The number of rotatable bonds is 9. The van der Waals surface area contributed by atoms with E-state index in [2.05, 4.69) is 21.7 Å². The first-order chi connectivity index (χ1) is 21.9. The Morgan fingerprint density at radius 2 is 1.93 bits per heavy atom. The van der Waals surface area contributed by atoms with Gasteiger partial charge >= 0.3 is 12.1 Å². The number of fused-ring (bicyclic) bond motifs is 1. The highest BCUT2D eigenvalue weighted by molar-refractivity contribution is 5.69. The summed E-state index contributed by atoms with van der Waals surface area (Å²) in [5, 5.41) is 10.3. The van der Waals surface area contributed by atoms with Crippen LogP contribution in [0.15, 0.2) is 48.5 Å². The molecule has 0 radical (unpaired) electrons. The number of piperazine rings is 1. The van der Waals surface area contributed by atoms with Gasteiger partial charge in [-0.15, -0.1) is 0 Å². The average molecular weight is 616 g/mol. The number of carbonyl (C=O) groups is 1. The Balaban J connectivity index is 1.22. The van der Waals surface area contributed by atoms with Gasteiger partial charge in [-0.25, -0.2) is 15.8 Å². The number of likely N-dealkylation sites (tertiary alicyclic amines) is 1. The van der Waals surface area contributed by atoms with Gasteiger partial charge in [0.2, 0.25) is 6.54 Å². The van der Waals surface area contributed by atoms with E-state index < -0.39 is 18.0 Å². The number of aromatic nitrogens is 2. The van der Waals surface area contributed by atoms with Crippen LogP contribution in [-0.2, 0) is 31.0 Å². The van der Waals surface area contributed by atoms with Gasteiger partial charge in [0, 0.05) is 56.4 Å². The number of hydrogen-bond acceptors (Lipinski definition) is 9. The second kappa shape index (κ2) is 13.7. The zero-order valence-corrected chi connectivity index (χ0v) is 25.4. The molecule has 3 aliphatic rings. The molecular weight excluding hydrogens is 577 g/mol. The summed E-state index contributed by atoms with van der Waals surface area (Å²) in [6.45, 7) is 11.7. The summed E-state index contributed by atoms with van der Waals surface area (Å²) >= 11 is 0. The van der Waals surface area contributed by atoms with E-state index in [9.17, 15) is 14.3 Å². The molecule has 1 amide bonds. The predicted octanol–water partition coefficient (Wildman–Crippen LogP) is 4.06. The van der Waals surface area contributed by atoms with Crippen LogP contribution in [-0.4, -0.2) is 94.3 Å². The molecule has 2 aromatic carbocycles. The van der Waals surface area contributed by atoms with Crippen LogP contribution in [0.5, 0.6) is 11.8 Å². The quantitative estimate of drug-likeness (QED) is 0.358. The van der Waals surface area contributed by atoms with Crippen LogP contribution in [0.25, 0.3) is 4.85 Å². The van der Waals surface area contributed by atoms with Crippen LogP contribution in [0.4, 0.5) is 15.0 Å². The fraction of sp³-hybridized carbons (Fsp3) is 0.455. The molecule has 0 aliphatic carbocycles. The van der Waals surface area contributed by atoms with Crippen LogP contribution >= 0.6 is 0 Å². The number of anilines is 1. The molecule has 0 spiro atoms. The van der Waals surface area contributed by atoms with E-state index in [1.807, 2.05) is 35.2 Å². The van der Waals surface area contributed by atoms with Crippen molar-refractivity contribution in [3.63, 3.8) is 0 Å². The highest BCUT2D eigenvalue weighted by atomic mass is 19.1. The van der Waals surface area contributed by atoms with Crippen molar-refractivity contribution in [1.29, 1.82) is 0 Å². The van der Waals surface area contributed by atoms with Crippen molar-refractivity contribution in [2.45, 2.75) is 51.2 Å². The Bertz CT molecular complexity index is 1530. The van der Waals surface area contributed by atoms with Gasteiger partial charge in [0.05, 0.1) is 5.69 Å². The molecule has 0 saturated carbocycles. The summed E-state index contributed by atoms with van der Waals surface area (Å²) in [5.74, 6) is 0.153. The van der Waals surface area contributed by atoms with Crippen LogP contribution in [0.1, 0.15) is 35.2 Å². The predicted molar refractivity (Wildman–Crippen MR) is 165 cm³/mol. The van der Waals surface area contributed by atoms with Gasteiger partial charge in [-0.3, -0.25) is 9.80 Å². The number of halogens is 1. The number of phenols is 1. The Labute approximate surface area is 262 Å². The minimum Gasteiger partial charge on any atom is -0.508 e. The highest BCUT2D eigenvalue weighted by Gasteiger charge is 2.37. The average Bonchev–Trinajstić information content (AvgIpc) is 3.66. The van der Waals surface area contributed by atoms with Gasteiger partial charge in [0.25, 0.3) is 0 Å². The number of benzene rings is 2. The molecule has 1 aromatic heterocycles. The number of nitrogens with zero attached hydrogens (tertiary/aromatic N) is 7. The molecule has 236 valence electrons. The molecule has 12 heteroatoms. The van der Waals surface area contributed by atoms with Crippen LogP contribution in [0, 0.1) is 12.4 Å². The molecule has 6 rings (SSSR count). The summed E-state index contributed by atoms with van der Waals surface area (Å²) in [6, 6.07) is 14.0. The molecule has 11 nitrogen and oxygen atoms in total. The van der Waals surface area contributed by atoms with Crippen molar-refractivity contribution in [1.82, 2.24) is 24.7 Å². The van der Waals surface area contributed by atoms with Crippen molar-refractivity contribution in [2.75, 3.05) is 51.3 Å². The lowest BCUT2D eigenvalue weighted by Crippen LogP contribution is -2.56. The summed E-state index contributed by atoms with van der Waals surface area (Å²) in [6.07, 6.45) is 1.73. The molecule has 4 heterocycles. The van der Waals surface area contributed by atoms with E-state index in [1.165, 1.54) is 18.2 Å². The summed E-state index contributed by atoms with van der Waals surface area (Å²) in [4.78, 5) is 34.4. The third-order valence-corrected chi connectivity index (χ3v) is 8.88. The van der Waals surface area contributed by atoms with Gasteiger partial charge in [-0.1, -0.05) is 36.4 Å². The molecule has 45 heavy (non-hydrogen) atoms. The SMILES string of the molecule is [C-]#[N+]C[C@H]1CN(c2nc(OC[C@@H]3CCCN3C)nc3c2CN(Cc2c(O)cccc2F)C3)CCN1C(=O)OCc1ccccc1. The van der Waals surface area contributed by atoms with E-state index in [0.717, 1.165) is 36.2 Å². The first kappa shape index (κ1) is 30.6. The standard InChI is InChI=1S/C33H38FN7O4/c1-35-16-25-17-40(14-15-41(25)33(43)45-21-23-8-4-3-5-9-23)31-27-19-39(18-26-28(34)11-6-12-30(26)42)20-29(27)36-32(37-31)44-22-24-10-7-13-38(24)2/h3-6,8-9,11-12,24-25,42H,7,10,13-22H2,2H3/t24-,25-/m0/s1. The van der Waals surface area contributed by atoms with E-state index >= 15 is 0 Å². The molecule has 2 atom stereocenters. The smallest absolute Gasteiger partial charge is 0.410 e. The van der Waals surface area contributed by atoms with Gasteiger partial charge in [0.1, 0.15) is 36.6 Å². The van der Waals surface area contributed by atoms with Gasteiger partial charge in [-0.05, 0) is 44.1 Å². The number of amides is 1. The Hall–Kier alpha value is -4.47. The summed E-state index contributed by atoms with van der Waals surface area (Å²) < 4.78 is 26.4. The number of hydrogen-bond donors (Lipinski definition) is 1. The zero-order valence-electron chi connectivity index (χ0n) is 25.4. The van der Waals surface area contributed by atoms with E-state index in [0.29, 0.717) is 51.2 Å². The number of phenolic OH excluding ortho intramolecular Hbond substituents is 1. The topological polar surface area (TPSA) is 98.9 Å². The second-order valence-electron chi connectivity index (χ2n) is 11.9. The first-order valence-electron chi connectivity index (χ1n) is 15.4. The maximum Gasteiger partial charge on any atom is 0.410 e. The van der Waals surface area contributed by atoms with Crippen molar-refractivity contribution in [3.8, 4) is 11.8 Å². The van der Waals surface area contributed by atoms with Crippen molar-refractivity contribution in [2.24, 2.45) is 0 Å². The molecule has 2 fully saturated rings. The molecule has 2 saturated heterocycles. The highest BCUT2D eigenvalue weighted by Crippen LogP contribution is 2.34. The Morgan fingerprint density at radius 1 is 1.09 bits per heavy atom. The molecule has 3 aromatic rings. The van der Waals surface area contributed by atoms with Crippen molar-refractivity contribution < 1.29 is 23.8 Å². The number of ether oxygens (including phenoxy) is 2. The Morgan fingerprint density at radius 3 is 2.69 bits per heavy atom. The lowest BCUT2D eigenvalue weighted by atomic mass is 10.1. The van der Waals surface area contributed by atoms with Crippen LogP contribution in [0.2, 0.25) is 0 Å². The van der Waals surface area contributed by atoms with Gasteiger partial charge in [0.15, 0.2) is 0 Å². The number of aromatic hydroxyl groups is 1. The molecule has 0 bridgehead atoms. The third-order valence-electron chi connectivity index (χ3n) is 8.88. The number of carbonyl (C=O) groups excluding carboxylic acids is 1. The number of likely N-dealkylation sites (N-methyl/N-ethyl adjacent to an activating group) is 1. The lowest BCUT2D eigenvalue weighted by Gasteiger charge is -2.39. The van der Waals surface area contributed by atoms with E-state index in [1.54, 1.807) is 4.90 Å². The minimum absolute atomic E-state index is 0.0840. The normalized spacial score (nSPS) is 20.2. The fourth-order valence-corrected chi connectivity index (χ4v) is 6.36. The third kappa shape index (κ3) is 6.95. The maximum absolute atomic E-state index is 14.6. The second-order valence-corrected chi connectivity index (χ2v) is 11.9. The first-order valence-corrected chi connectivity index (χ1v) is 15.4. The monoisotopic (exact) mass is 615 g/mol. The van der Waals surface area contributed by atoms with Crippen LogP contribution in [0.3, 0.4) is 0 Å². The minimum atomic E-state index is -0.459. The zero-order chi connectivity index (χ0) is 31.3. The molecule has 3 aliphatic heterocycles.